The maximum Gasteiger partial charge on any atom is 0.573 e. The predicted molar refractivity (Wildman–Crippen MR) is 79.7 cm³/mol. The Morgan fingerprint density at radius 3 is 2.71 bits per heavy atom. The minimum Gasteiger partial charge on any atom is -0.480 e. The first-order valence-corrected chi connectivity index (χ1v) is 7.91. The van der Waals surface area contributed by atoms with Crippen molar-refractivity contribution in [1.29, 1.82) is 0 Å². The molecule has 132 valence electrons. The number of piperazine rings is 1. The number of carboxylic acids is 1. The van der Waals surface area contributed by atoms with E-state index in [9.17, 15) is 23.1 Å². The summed E-state index contributed by atoms with van der Waals surface area (Å²) in [5.74, 6) is -1.62. The molecule has 2 aliphatic heterocycles. The van der Waals surface area contributed by atoms with Gasteiger partial charge in [0.25, 0.3) is 0 Å². The lowest BCUT2D eigenvalue weighted by Crippen LogP contribution is -2.52. The van der Waals surface area contributed by atoms with Crippen LogP contribution in [0.5, 0.6) is 5.75 Å². The van der Waals surface area contributed by atoms with Crippen molar-refractivity contribution in [3.05, 3.63) is 29.8 Å². The van der Waals surface area contributed by atoms with Gasteiger partial charge in [0.2, 0.25) is 0 Å². The fraction of sp³-hybridized carbons (Fsp3) is 0.562. The Labute approximate surface area is 137 Å². The first kappa shape index (κ1) is 17.0. The van der Waals surface area contributed by atoms with E-state index in [0.29, 0.717) is 13.1 Å². The molecule has 1 unspecified atom stereocenters. The van der Waals surface area contributed by atoms with Crippen LogP contribution in [0.2, 0.25) is 0 Å². The summed E-state index contributed by atoms with van der Waals surface area (Å²) in [4.78, 5) is 15.9. The number of carbonyl (C=O) groups is 1. The fourth-order valence-electron chi connectivity index (χ4n) is 3.66. The standard InChI is InChI=1S/C16H19F3N2O3/c17-16(18,19)24-13-6-2-1-5-12(13)14(15(22)23)21-9-8-20-7-3-4-11(20)10-21/h1-2,5-6,11,14H,3-4,7-10H2,(H,22,23)/t11-,14?/m1/s1. The molecular weight excluding hydrogens is 325 g/mol. The van der Waals surface area contributed by atoms with Crippen molar-refractivity contribution < 1.29 is 27.8 Å². The number of carboxylic acid groups (broad SMARTS) is 1. The molecule has 0 bridgehead atoms. The van der Waals surface area contributed by atoms with Gasteiger partial charge in [0.1, 0.15) is 11.8 Å². The highest BCUT2D eigenvalue weighted by atomic mass is 19.4. The van der Waals surface area contributed by atoms with Crippen molar-refractivity contribution in [2.24, 2.45) is 0 Å². The molecular formula is C16H19F3N2O3. The zero-order chi connectivity index (χ0) is 17.3. The van der Waals surface area contributed by atoms with E-state index in [1.54, 1.807) is 4.90 Å². The number of ether oxygens (including phenoxy) is 1. The summed E-state index contributed by atoms with van der Waals surface area (Å²) in [6.45, 7) is 2.78. The number of rotatable bonds is 4. The molecule has 1 N–H and O–H groups in total. The van der Waals surface area contributed by atoms with Gasteiger partial charge >= 0.3 is 12.3 Å². The minimum absolute atomic E-state index is 0.0359. The summed E-state index contributed by atoms with van der Waals surface area (Å²) < 4.78 is 41.9. The van der Waals surface area contributed by atoms with Gasteiger partial charge in [-0.3, -0.25) is 14.6 Å². The van der Waals surface area contributed by atoms with E-state index in [1.165, 1.54) is 18.2 Å². The number of fused-ring (bicyclic) bond motifs is 1. The third-order valence-electron chi connectivity index (χ3n) is 4.66. The van der Waals surface area contributed by atoms with Crippen LogP contribution in [-0.2, 0) is 4.79 Å². The molecule has 0 radical (unpaired) electrons. The number of para-hydroxylation sites is 1. The SMILES string of the molecule is O=C(O)C(c1ccccc1OC(F)(F)F)N1CCN2CCC[C@@H]2C1. The Kier molecular flexibility index (Phi) is 4.69. The van der Waals surface area contributed by atoms with Crippen LogP contribution in [0.4, 0.5) is 13.2 Å². The highest BCUT2D eigenvalue weighted by molar-refractivity contribution is 5.76. The number of hydrogen-bond acceptors (Lipinski definition) is 4. The van der Waals surface area contributed by atoms with Gasteiger partial charge in [0.15, 0.2) is 0 Å². The molecule has 2 atom stereocenters. The van der Waals surface area contributed by atoms with Crippen molar-refractivity contribution in [2.75, 3.05) is 26.2 Å². The van der Waals surface area contributed by atoms with Crippen LogP contribution in [0.25, 0.3) is 0 Å². The minimum atomic E-state index is -4.86. The van der Waals surface area contributed by atoms with Gasteiger partial charge in [-0.1, -0.05) is 18.2 Å². The molecule has 1 aromatic rings. The van der Waals surface area contributed by atoms with E-state index >= 15 is 0 Å². The van der Waals surface area contributed by atoms with Crippen molar-refractivity contribution >= 4 is 5.97 Å². The van der Waals surface area contributed by atoms with Crippen LogP contribution >= 0.6 is 0 Å². The molecule has 24 heavy (non-hydrogen) atoms. The highest BCUT2D eigenvalue weighted by Gasteiger charge is 2.39. The number of nitrogens with zero attached hydrogens (tertiary/aromatic N) is 2. The zero-order valence-electron chi connectivity index (χ0n) is 13.0. The van der Waals surface area contributed by atoms with Crippen LogP contribution in [0.3, 0.4) is 0 Å². The monoisotopic (exact) mass is 344 g/mol. The molecule has 8 heteroatoms. The van der Waals surface area contributed by atoms with Gasteiger partial charge in [-0.05, 0) is 25.5 Å². The van der Waals surface area contributed by atoms with Crippen molar-refractivity contribution in [1.82, 2.24) is 9.80 Å². The van der Waals surface area contributed by atoms with Crippen molar-refractivity contribution in [3.8, 4) is 5.75 Å². The molecule has 3 rings (SSSR count). The first-order chi connectivity index (χ1) is 11.3. The Morgan fingerprint density at radius 1 is 1.25 bits per heavy atom. The number of aliphatic carboxylic acids is 1. The Bertz CT molecular complexity index is 608. The fourth-order valence-corrected chi connectivity index (χ4v) is 3.66. The van der Waals surface area contributed by atoms with Crippen LogP contribution in [0.15, 0.2) is 24.3 Å². The lowest BCUT2D eigenvalue weighted by atomic mass is 10.0. The molecule has 0 saturated carbocycles. The van der Waals surface area contributed by atoms with E-state index in [0.717, 1.165) is 32.0 Å². The Morgan fingerprint density at radius 2 is 2.00 bits per heavy atom. The van der Waals surface area contributed by atoms with E-state index in [4.69, 9.17) is 0 Å². The van der Waals surface area contributed by atoms with Crippen molar-refractivity contribution in [2.45, 2.75) is 31.3 Å². The normalized spacial score (nSPS) is 23.7. The van der Waals surface area contributed by atoms with E-state index in [2.05, 4.69) is 9.64 Å². The number of benzene rings is 1. The Balaban J connectivity index is 1.87. The second kappa shape index (κ2) is 6.60. The summed E-state index contributed by atoms with van der Waals surface area (Å²) in [6, 6.07) is 4.60. The lowest BCUT2D eigenvalue weighted by Gasteiger charge is -2.40. The second-order valence-corrected chi connectivity index (χ2v) is 6.15. The van der Waals surface area contributed by atoms with Gasteiger partial charge in [0.05, 0.1) is 0 Å². The molecule has 2 heterocycles. The average molecular weight is 344 g/mol. The third-order valence-corrected chi connectivity index (χ3v) is 4.66. The first-order valence-electron chi connectivity index (χ1n) is 7.91. The molecule has 0 aliphatic carbocycles. The van der Waals surface area contributed by atoms with Crippen LogP contribution < -0.4 is 4.74 Å². The molecule has 0 aromatic heterocycles. The van der Waals surface area contributed by atoms with Gasteiger partial charge in [-0.25, -0.2) is 0 Å². The predicted octanol–water partition coefficient (Wildman–Crippen LogP) is 2.49. The number of halogens is 3. The number of alkyl halides is 3. The molecule has 2 fully saturated rings. The molecule has 2 aliphatic rings. The molecule has 1 aromatic carbocycles. The summed E-state index contributed by atoms with van der Waals surface area (Å²) in [5.41, 5.74) is 0.0359. The third kappa shape index (κ3) is 3.64. The van der Waals surface area contributed by atoms with Gasteiger partial charge < -0.3 is 9.84 Å². The molecule has 2 saturated heterocycles. The van der Waals surface area contributed by atoms with Crippen molar-refractivity contribution in [3.63, 3.8) is 0 Å². The van der Waals surface area contributed by atoms with Crippen LogP contribution in [-0.4, -0.2) is 59.5 Å². The summed E-state index contributed by atoms with van der Waals surface area (Å²) in [7, 11) is 0. The van der Waals surface area contributed by atoms with Gasteiger partial charge in [0, 0.05) is 31.2 Å². The summed E-state index contributed by atoms with van der Waals surface area (Å²) >= 11 is 0. The summed E-state index contributed by atoms with van der Waals surface area (Å²) in [5, 5.41) is 9.65. The quantitative estimate of drug-likeness (QED) is 0.910. The van der Waals surface area contributed by atoms with Crippen LogP contribution in [0.1, 0.15) is 24.4 Å². The summed E-state index contributed by atoms with van der Waals surface area (Å²) in [6.07, 6.45) is -2.79. The van der Waals surface area contributed by atoms with Crippen LogP contribution in [0, 0.1) is 0 Å². The zero-order valence-corrected chi connectivity index (χ0v) is 13.0. The van der Waals surface area contributed by atoms with Gasteiger partial charge in [-0.15, -0.1) is 13.2 Å². The number of hydrogen-bond donors (Lipinski definition) is 1. The molecule has 5 nitrogen and oxygen atoms in total. The smallest absolute Gasteiger partial charge is 0.480 e. The molecule has 0 spiro atoms. The highest BCUT2D eigenvalue weighted by Crippen LogP contribution is 2.35. The maximum absolute atomic E-state index is 12.6. The van der Waals surface area contributed by atoms with E-state index in [-0.39, 0.29) is 11.6 Å². The molecule has 0 amide bonds. The maximum atomic E-state index is 12.6. The topological polar surface area (TPSA) is 53.0 Å². The van der Waals surface area contributed by atoms with E-state index in [1.807, 2.05) is 0 Å². The average Bonchev–Trinajstić information content (AvgIpc) is 2.95. The second-order valence-electron chi connectivity index (χ2n) is 6.15. The largest absolute Gasteiger partial charge is 0.573 e. The van der Waals surface area contributed by atoms with Gasteiger partial charge in [-0.2, -0.15) is 0 Å². The Hall–Kier alpha value is -1.80. The lowest BCUT2D eigenvalue weighted by molar-refractivity contribution is -0.275. The van der Waals surface area contributed by atoms with E-state index < -0.39 is 24.1 Å².